The minimum Gasteiger partial charge on any atom is -0.368 e. The van der Waals surface area contributed by atoms with Crippen LogP contribution in [-0.4, -0.2) is 86.2 Å². The van der Waals surface area contributed by atoms with Gasteiger partial charge in [0.1, 0.15) is 0 Å². The van der Waals surface area contributed by atoms with Crippen molar-refractivity contribution in [3.63, 3.8) is 0 Å². The Bertz CT molecular complexity index is 1040. The third-order valence-electron chi connectivity index (χ3n) is 6.87. The lowest BCUT2D eigenvalue weighted by Gasteiger charge is -2.49. The standard InChI is InChI=1S/C21H30N6O2S/c1-25-11-8-21(13-25)14-26(15-21)18-5-3-4-16-12-22-20(24-19(16)18)23-17-6-9-27(10-7-17)30(2,28)29/h3-5,12,17H,6-11,13-15H2,1-2H3,(H,22,23,24). The van der Waals surface area contributed by atoms with Gasteiger partial charge in [0.2, 0.25) is 16.0 Å². The van der Waals surface area contributed by atoms with Crippen LogP contribution in [0.2, 0.25) is 0 Å². The summed E-state index contributed by atoms with van der Waals surface area (Å²) in [4.78, 5) is 14.3. The number of piperidine rings is 1. The van der Waals surface area contributed by atoms with Crippen molar-refractivity contribution in [3.8, 4) is 0 Å². The first-order valence-electron chi connectivity index (χ1n) is 10.7. The van der Waals surface area contributed by atoms with Crippen molar-refractivity contribution in [1.82, 2.24) is 19.2 Å². The molecule has 1 N–H and O–H groups in total. The number of rotatable bonds is 4. The molecule has 30 heavy (non-hydrogen) atoms. The highest BCUT2D eigenvalue weighted by atomic mass is 32.2. The van der Waals surface area contributed by atoms with Crippen molar-refractivity contribution in [1.29, 1.82) is 0 Å². The molecule has 3 aliphatic rings. The molecule has 0 bridgehead atoms. The molecule has 0 aliphatic carbocycles. The molecule has 3 fully saturated rings. The largest absolute Gasteiger partial charge is 0.368 e. The zero-order valence-corrected chi connectivity index (χ0v) is 18.5. The maximum atomic E-state index is 11.7. The second-order valence-electron chi connectivity index (χ2n) is 9.33. The average Bonchev–Trinajstić information content (AvgIpc) is 3.08. The average molecular weight is 431 g/mol. The number of hydrogen-bond donors (Lipinski definition) is 1. The number of nitrogens with one attached hydrogen (secondary N) is 1. The molecule has 8 nitrogen and oxygen atoms in total. The molecule has 1 aromatic heterocycles. The van der Waals surface area contributed by atoms with E-state index in [0.717, 1.165) is 36.8 Å². The molecule has 0 saturated carbocycles. The third kappa shape index (κ3) is 3.74. The number of benzene rings is 1. The molecule has 0 amide bonds. The normalized spacial score (nSPS) is 23.2. The Morgan fingerprint density at radius 3 is 2.57 bits per heavy atom. The quantitative estimate of drug-likeness (QED) is 0.789. The van der Waals surface area contributed by atoms with E-state index in [1.165, 1.54) is 31.5 Å². The summed E-state index contributed by atoms with van der Waals surface area (Å²) in [7, 11) is -0.901. The van der Waals surface area contributed by atoms with E-state index < -0.39 is 10.0 Å². The highest BCUT2D eigenvalue weighted by Gasteiger charge is 2.47. The van der Waals surface area contributed by atoms with E-state index in [9.17, 15) is 8.42 Å². The first kappa shape index (κ1) is 20.0. The summed E-state index contributed by atoms with van der Waals surface area (Å²) >= 11 is 0. The Kier molecular flexibility index (Phi) is 4.87. The van der Waals surface area contributed by atoms with Gasteiger partial charge in [-0.25, -0.2) is 22.7 Å². The predicted molar refractivity (Wildman–Crippen MR) is 119 cm³/mol. The molecule has 5 rings (SSSR count). The monoisotopic (exact) mass is 430 g/mol. The van der Waals surface area contributed by atoms with E-state index in [1.807, 2.05) is 6.20 Å². The second-order valence-corrected chi connectivity index (χ2v) is 11.3. The number of nitrogens with zero attached hydrogens (tertiary/aromatic N) is 5. The van der Waals surface area contributed by atoms with Crippen LogP contribution < -0.4 is 10.2 Å². The summed E-state index contributed by atoms with van der Waals surface area (Å²) < 4.78 is 25.0. The smallest absolute Gasteiger partial charge is 0.223 e. The molecule has 1 spiro atoms. The highest BCUT2D eigenvalue weighted by Crippen LogP contribution is 2.42. The Balaban J connectivity index is 1.31. The number of para-hydroxylation sites is 1. The minimum atomic E-state index is -3.11. The van der Waals surface area contributed by atoms with Crippen LogP contribution in [0.25, 0.3) is 10.9 Å². The minimum absolute atomic E-state index is 0.189. The van der Waals surface area contributed by atoms with Gasteiger partial charge in [0.25, 0.3) is 0 Å². The zero-order valence-electron chi connectivity index (χ0n) is 17.7. The Morgan fingerprint density at radius 1 is 1.13 bits per heavy atom. The predicted octanol–water partition coefficient (Wildman–Crippen LogP) is 1.61. The summed E-state index contributed by atoms with van der Waals surface area (Å²) in [5.41, 5.74) is 2.62. The van der Waals surface area contributed by atoms with Gasteiger partial charge in [-0.15, -0.1) is 0 Å². The molecule has 0 unspecified atom stereocenters. The first-order valence-corrected chi connectivity index (χ1v) is 12.6. The van der Waals surface area contributed by atoms with Crippen LogP contribution >= 0.6 is 0 Å². The zero-order chi connectivity index (χ0) is 20.9. The van der Waals surface area contributed by atoms with Crippen molar-refractivity contribution in [2.24, 2.45) is 5.41 Å². The van der Waals surface area contributed by atoms with Gasteiger partial charge in [-0.1, -0.05) is 12.1 Å². The fraction of sp³-hybridized carbons (Fsp3) is 0.619. The number of aromatic nitrogens is 2. The van der Waals surface area contributed by atoms with Crippen LogP contribution in [0.3, 0.4) is 0 Å². The molecular formula is C21H30N6O2S. The Labute approximate surface area is 178 Å². The van der Waals surface area contributed by atoms with Crippen molar-refractivity contribution >= 4 is 32.6 Å². The van der Waals surface area contributed by atoms with Crippen molar-refractivity contribution in [2.75, 3.05) is 62.8 Å². The molecular weight excluding hydrogens is 400 g/mol. The second kappa shape index (κ2) is 7.32. The van der Waals surface area contributed by atoms with Gasteiger partial charge < -0.3 is 15.1 Å². The van der Waals surface area contributed by atoms with Gasteiger partial charge >= 0.3 is 0 Å². The molecule has 2 aromatic rings. The van der Waals surface area contributed by atoms with Gasteiger partial charge in [-0.05, 0) is 38.9 Å². The third-order valence-corrected chi connectivity index (χ3v) is 8.17. The number of fused-ring (bicyclic) bond motifs is 1. The maximum Gasteiger partial charge on any atom is 0.223 e. The Hall–Kier alpha value is -1.97. The van der Waals surface area contributed by atoms with Crippen LogP contribution in [0.15, 0.2) is 24.4 Å². The summed E-state index contributed by atoms with van der Waals surface area (Å²) in [6.45, 7) is 5.64. The van der Waals surface area contributed by atoms with Crippen molar-refractivity contribution < 1.29 is 8.42 Å². The van der Waals surface area contributed by atoms with Gasteiger partial charge in [0.05, 0.1) is 17.5 Å². The van der Waals surface area contributed by atoms with E-state index in [0.29, 0.717) is 24.5 Å². The Morgan fingerprint density at radius 2 is 1.90 bits per heavy atom. The number of anilines is 2. The maximum absolute atomic E-state index is 11.7. The van der Waals surface area contributed by atoms with Crippen LogP contribution in [0.4, 0.5) is 11.6 Å². The van der Waals surface area contributed by atoms with E-state index in [4.69, 9.17) is 4.98 Å². The topological polar surface area (TPSA) is 81.7 Å². The lowest BCUT2D eigenvalue weighted by Crippen LogP contribution is -2.57. The van der Waals surface area contributed by atoms with Gasteiger partial charge in [0.15, 0.2) is 0 Å². The van der Waals surface area contributed by atoms with Crippen LogP contribution in [0.1, 0.15) is 19.3 Å². The van der Waals surface area contributed by atoms with Crippen molar-refractivity contribution in [2.45, 2.75) is 25.3 Å². The van der Waals surface area contributed by atoms with Crippen LogP contribution in [0, 0.1) is 5.41 Å². The van der Waals surface area contributed by atoms with Crippen LogP contribution in [-0.2, 0) is 10.0 Å². The van der Waals surface area contributed by atoms with E-state index >= 15 is 0 Å². The molecule has 3 saturated heterocycles. The van der Waals surface area contributed by atoms with Crippen molar-refractivity contribution in [3.05, 3.63) is 24.4 Å². The van der Waals surface area contributed by atoms with Gasteiger partial charge in [0, 0.05) is 55.8 Å². The molecule has 4 heterocycles. The summed E-state index contributed by atoms with van der Waals surface area (Å²) in [6.07, 6.45) is 5.96. The van der Waals surface area contributed by atoms with Crippen LogP contribution in [0.5, 0.6) is 0 Å². The lowest BCUT2D eigenvalue weighted by molar-refractivity contribution is 0.218. The van der Waals surface area contributed by atoms with E-state index in [1.54, 1.807) is 4.31 Å². The fourth-order valence-electron chi connectivity index (χ4n) is 5.23. The fourth-order valence-corrected chi connectivity index (χ4v) is 6.10. The molecule has 1 aromatic carbocycles. The molecule has 0 radical (unpaired) electrons. The van der Waals surface area contributed by atoms with E-state index in [2.05, 4.69) is 45.3 Å². The summed E-state index contributed by atoms with van der Waals surface area (Å²) in [5.74, 6) is 0.628. The first-order chi connectivity index (χ1) is 14.3. The molecule has 9 heteroatoms. The SMILES string of the molecule is CN1CCC2(C1)CN(c1cccc3cnc(NC4CCN(S(C)(=O)=O)CC4)nc13)C2. The number of likely N-dealkylation sites (tertiary alicyclic amines) is 1. The lowest BCUT2D eigenvalue weighted by atomic mass is 9.78. The molecule has 3 aliphatic heterocycles. The summed E-state index contributed by atoms with van der Waals surface area (Å²) in [5, 5.41) is 4.48. The van der Waals surface area contributed by atoms with Gasteiger partial charge in [-0.3, -0.25) is 0 Å². The van der Waals surface area contributed by atoms with Gasteiger partial charge in [-0.2, -0.15) is 0 Å². The molecule has 0 atom stereocenters. The highest BCUT2D eigenvalue weighted by molar-refractivity contribution is 7.88. The molecule has 162 valence electrons. The number of hydrogen-bond acceptors (Lipinski definition) is 7. The number of sulfonamides is 1. The van der Waals surface area contributed by atoms with E-state index in [-0.39, 0.29) is 6.04 Å². The summed E-state index contributed by atoms with van der Waals surface area (Å²) in [6, 6.07) is 6.50.